The van der Waals surface area contributed by atoms with Gasteiger partial charge in [-0.05, 0) is 50.8 Å². The van der Waals surface area contributed by atoms with E-state index in [9.17, 15) is 4.79 Å². The Morgan fingerprint density at radius 2 is 2.20 bits per heavy atom. The Hall–Kier alpha value is -1.44. The molecule has 2 saturated heterocycles. The number of methoxy groups -OCH3 is 1. The van der Waals surface area contributed by atoms with Crippen molar-refractivity contribution in [3.63, 3.8) is 0 Å². The Morgan fingerprint density at radius 3 is 2.92 bits per heavy atom. The van der Waals surface area contributed by atoms with Crippen molar-refractivity contribution in [2.75, 3.05) is 33.4 Å². The summed E-state index contributed by atoms with van der Waals surface area (Å²) in [5, 5.41) is 4.42. The largest absolute Gasteiger partial charge is 0.385 e. The molecule has 2 atom stereocenters. The highest BCUT2D eigenvalue weighted by atomic mass is 16.5. The third-order valence-electron chi connectivity index (χ3n) is 5.51. The number of hydrogen-bond acceptors (Lipinski definition) is 5. The van der Waals surface area contributed by atoms with Crippen molar-refractivity contribution in [3.05, 3.63) is 18.0 Å². The summed E-state index contributed by atoms with van der Waals surface area (Å²) < 4.78 is 13.0. The molecule has 3 rings (SSSR count). The zero-order valence-corrected chi connectivity index (χ0v) is 15.1. The highest BCUT2D eigenvalue weighted by Crippen LogP contribution is 2.33. The van der Waals surface area contributed by atoms with Crippen molar-refractivity contribution >= 4 is 5.91 Å². The number of piperidine rings is 1. The van der Waals surface area contributed by atoms with E-state index in [4.69, 9.17) is 15.2 Å². The molecule has 1 aromatic heterocycles. The van der Waals surface area contributed by atoms with Crippen LogP contribution in [0.25, 0.3) is 0 Å². The highest BCUT2D eigenvalue weighted by molar-refractivity contribution is 5.77. The second-order valence-corrected chi connectivity index (χ2v) is 7.14. The Bertz CT molecular complexity index is 554. The average Bonchev–Trinajstić information content (AvgIpc) is 3.26. The predicted molar refractivity (Wildman–Crippen MR) is 93.8 cm³/mol. The maximum absolute atomic E-state index is 11.6. The van der Waals surface area contributed by atoms with E-state index in [1.54, 1.807) is 7.11 Å². The molecule has 3 heterocycles. The van der Waals surface area contributed by atoms with Crippen LogP contribution < -0.4 is 5.73 Å². The molecule has 0 spiro atoms. The van der Waals surface area contributed by atoms with Gasteiger partial charge in [0.25, 0.3) is 0 Å². The SMILES string of the molecule is COCCCn1nccc1CN1CCC([C@H]2OCC[C@@H]2C(N)=O)CC1. The van der Waals surface area contributed by atoms with E-state index in [0.717, 1.165) is 58.5 Å². The molecular formula is C18H30N4O3. The highest BCUT2D eigenvalue weighted by Gasteiger charge is 2.39. The third kappa shape index (κ3) is 4.59. The van der Waals surface area contributed by atoms with Gasteiger partial charge >= 0.3 is 0 Å². The number of aromatic nitrogens is 2. The zero-order valence-electron chi connectivity index (χ0n) is 15.1. The molecule has 2 N–H and O–H groups in total. The van der Waals surface area contributed by atoms with E-state index in [1.165, 1.54) is 5.69 Å². The van der Waals surface area contributed by atoms with Crippen LogP contribution in [0.2, 0.25) is 0 Å². The second-order valence-electron chi connectivity index (χ2n) is 7.14. The van der Waals surface area contributed by atoms with Crippen LogP contribution in [-0.2, 0) is 27.4 Å². The molecule has 1 amide bonds. The number of ether oxygens (including phenoxy) is 2. The fraction of sp³-hybridized carbons (Fsp3) is 0.778. The number of carbonyl (C=O) groups excluding carboxylic acids is 1. The van der Waals surface area contributed by atoms with Gasteiger partial charge in [0.15, 0.2) is 0 Å². The standard InChI is InChI=1S/C18H30N4O3/c1-24-11-2-8-22-15(3-7-20-22)13-21-9-4-14(5-10-21)17-16(18(19)23)6-12-25-17/h3,7,14,16-17H,2,4-6,8-13H2,1H3,(H2,19,23)/t16-,17+/m0/s1. The maximum atomic E-state index is 11.6. The molecule has 0 bridgehead atoms. The summed E-state index contributed by atoms with van der Waals surface area (Å²) in [6.45, 7) is 5.29. The minimum absolute atomic E-state index is 0.0271. The van der Waals surface area contributed by atoms with E-state index in [-0.39, 0.29) is 17.9 Å². The number of nitrogens with zero attached hydrogens (tertiary/aromatic N) is 3. The van der Waals surface area contributed by atoms with Gasteiger partial charge in [-0.15, -0.1) is 0 Å². The first-order valence-electron chi connectivity index (χ1n) is 9.32. The number of nitrogens with two attached hydrogens (primary N) is 1. The fourth-order valence-corrected chi connectivity index (χ4v) is 4.10. The van der Waals surface area contributed by atoms with Gasteiger partial charge in [0.2, 0.25) is 5.91 Å². The summed E-state index contributed by atoms with van der Waals surface area (Å²) >= 11 is 0. The minimum Gasteiger partial charge on any atom is -0.385 e. The molecule has 0 unspecified atom stereocenters. The van der Waals surface area contributed by atoms with Crippen LogP contribution in [0.4, 0.5) is 0 Å². The van der Waals surface area contributed by atoms with Gasteiger partial charge in [-0.2, -0.15) is 5.10 Å². The number of likely N-dealkylation sites (tertiary alicyclic amines) is 1. The normalized spacial score (nSPS) is 25.5. The number of primary amides is 1. The molecule has 7 heteroatoms. The Kier molecular flexibility index (Phi) is 6.45. The lowest BCUT2D eigenvalue weighted by Gasteiger charge is -2.35. The van der Waals surface area contributed by atoms with Crippen LogP contribution in [0.3, 0.4) is 0 Å². The number of carbonyl (C=O) groups is 1. The van der Waals surface area contributed by atoms with Gasteiger partial charge in [0.05, 0.1) is 17.7 Å². The molecule has 1 aromatic rings. The molecule has 25 heavy (non-hydrogen) atoms. The zero-order chi connectivity index (χ0) is 17.6. The van der Waals surface area contributed by atoms with E-state index in [2.05, 4.69) is 20.7 Å². The minimum atomic E-state index is -0.204. The first-order chi connectivity index (χ1) is 12.2. The van der Waals surface area contributed by atoms with E-state index < -0.39 is 0 Å². The fourth-order valence-electron chi connectivity index (χ4n) is 4.10. The van der Waals surface area contributed by atoms with Crippen LogP contribution in [0, 0.1) is 11.8 Å². The van der Waals surface area contributed by atoms with Crippen molar-refractivity contribution in [1.29, 1.82) is 0 Å². The van der Waals surface area contributed by atoms with Crippen LogP contribution in [-0.4, -0.2) is 60.1 Å². The molecule has 2 aliphatic rings. The molecule has 2 aliphatic heterocycles. The summed E-state index contributed by atoms with van der Waals surface area (Å²) in [4.78, 5) is 14.1. The number of amides is 1. The van der Waals surface area contributed by atoms with Crippen LogP contribution in [0.1, 0.15) is 31.4 Å². The monoisotopic (exact) mass is 350 g/mol. The molecule has 0 aromatic carbocycles. The van der Waals surface area contributed by atoms with Gasteiger partial charge < -0.3 is 15.2 Å². The summed E-state index contributed by atoms with van der Waals surface area (Å²) in [7, 11) is 1.73. The molecule has 0 aliphatic carbocycles. The first kappa shape index (κ1) is 18.4. The van der Waals surface area contributed by atoms with Crippen molar-refractivity contribution in [1.82, 2.24) is 14.7 Å². The molecule has 0 radical (unpaired) electrons. The summed E-state index contributed by atoms with van der Waals surface area (Å²) in [5.74, 6) is 0.145. The number of hydrogen-bond donors (Lipinski definition) is 1. The van der Waals surface area contributed by atoms with Gasteiger partial charge in [0.1, 0.15) is 0 Å². The van der Waals surface area contributed by atoms with E-state index in [0.29, 0.717) is 12.5 Å². The average molecular weight is 350 g/mol. The van der Waals surface area contributed by atoms with Crippen molar-refractivity contribution in [3.8, 4) is 0 Å². The van der Waals surface area contributed by atoms with Crippen molar-refractivity contribution in [2.24, 2.45) is 17.6 Å². The number of aryl methyl sites for hydroxylation is 1. The van der Waals surface area contributed by atoms with Crippen molar-refractivity contribution < 1.29 is 14.3 Å². The van der Waals surface area contributed by atoms with Gasteiger partial charge in [-0.25, -0.2) is 0 Å². The van der Waals surface area contributed by atoms with Crippen molar-refractivity contribution in [2.45, 2.75) is 44.9 Å². The molecule has 7 nitrogen and oxygen atoms in total. The predicted octanol–water partition coefficient (Wildman–Crippen LogP) is 1.02. The topological polar surface area (TPSA) is 82.6 Å². The lowest BCUT2D eigenvalue weighted by molar-refractivity contribution is -0.124. The second kappa shape index (κ2) is 8.78. The Morgan fingerprint density at radius 1 is 1.40 bits per heavy atom. The Balaban J connectivity index is 1.48. The molecule has 2 fully saturated rings. The lowest BCUT2D eigenvalue weighted by atomic mass is 9.84. The number of rotatable bonds is 8. The van der Waals surface area contributed by atoms with E-state index in [1.807, 2.05) is 6.20 Å². The summed E-state index contributed by atoms with van der Waals surface area (Å²) in [6.07, 6.45) is 5.78. The first-order valence-corrected chi connectivity index (χ1v) is 9.32. The van der Waals surface area contributed by atoms with Gasteiger partial charge in [-0.1, -0.05) is 0 Å². The van der Waals surface area contributed by atoms with Crippen LogP contribution in [0.5, 0.6) is 0 Å². The van der Waals surface area contributed by atoms with Gasteiger partial charge in [0, 0.05) is 39.6 Å². The molecule has 0 saturated carbocycles. The maximum Gasteiger partial charge on any atom is 0.223 e. The third-order valence-corrected chi connectivity index (χ3v) is 5.51. The van der Waals surface area contributed by atoms with Crippen LogP contribution in [0.15, 0.2) is 12.3 Å². The molecule has 140 valence electrons. The van der Waals surface area contributed by atoms with Crippen LogP contribution >= 0.6 is 0 Å². The summed E-state index contributed by atoms with van der Waals surface area (Å²) in [6, 6.07) is 2.10. The van der Waals surface area contributed by atoms with E-state index >= 15 is 0 Å². The Labute approximate surface area is 149 Å². The lowest BCUT2D eigenvalue weighted by Crippen LogP contribution is -2.42. The smallest absolute Gasteiger partial charge is 0.223 e. The summed E-state index contributed by atoms with van der Waals surface area (Å²) in [5.41, 5.74) is 6.78. The van der Waals surface area contributed by atoms with Gasteiger partial charge in [-0.3, -0.25) is 14.4 Å². The molecular weight excluding hydrogens is 320 g/mol. The quantitative estimate of drug-likeness (QED) is 0.708.